The van der Waals surface area contributed by atoms with Gasteiger partial charge in [0.2, 0.25) is 4.87 Å². The van der Waals surface area contributed by atoms with Crippen molar-refractivity contribution in [1.29, 1.82) is 0 Å². The number of aromatic amines is 1. The smallest absolute Gasteiger partial charge is 0.264 e. The minimum Gasteiger partial charge on any atom is -0.388 e. The highest BCUT2D eigenvalue weighted by Crippen LogP contribution is 2.70. The van der Waals surface area contributed by atoms with E-state index in [4.69, 9.17) is 0 Å². The number of amides is 2. The number of rotatable bonds is 2. The predicted molar refractivity (Wildman–Crippen MR) is 129 cm³/mol. The molecule has 2 amide bonds. The van der Waals surface area contributed by atoms with Crippen molar-refractivity contribution in [2.75, 3.05) is 12.4 Å². The maximum atomic E-state index is 14.1. The summed E-state index contributed by atoms with van der Waals surface area (Å²) in [5.41, 5.74) is 2.61. The number of carbonyl (C=O) groups is 2. The highest BCUT2D eigenvalue weighted by molar-refractivity contribution is 8.78. The molecule has 0 saturated carbocycles. The van der Waals surface area contributed by atoms with Gasteiger partial charge in [-0.3, -0.25) is 14.5 Å². The van der Waals surface area contributed by atoms with E-state index in [2.05, 4.69) is 10.3 Å². The molecule has 168 valence electrons. The van der Waals surface area contributed by atoms with E-state index in [1.807, 2.05) is 61.7 Å². The Bertz CT molecular complexity index is 1380. The molecule has 9 heteroatoms. The number of hydrogen-bond acceptors (Lipinski definition) is 6. The number of benzene rings is 2. The molecule has 2 bridgehead atoms. The fraction of sp³-hybridized carbons (Fsp3) is 0.333. The molecule has 4 fully saturated rings. The van der Waals surface area contributed by atoms with Gasteiger partial charge in [-0.1, -0.05) is 54.1 Å². The molecule has 2 aromatic carbocycles. The average molecular weight is 479 g/mol. The van der Waals surface area contributed by atoms with Crippen molar-refractivity contribution in [1.82, 2.24) is 14.8 Å². The van der Waals surface area contributed by atoms with Crippen LogP contribution in [0.3, 0.4) is 0 Å². The van der Waals surface area contributed by atoms with Gasteiger partial charge < -0.3 is 20.3 Å². The first kappa shape index (κ1) is 19.8. The Balaban J connectivity index is 1.58. The standard InChI is InChI=1S/C24H22N4O3S2/c1-3-22-20(30)28-19-23(14-9-5-7-11-17(14)26-19,15-12-25-16-10-6-4-8-13(15)16)18(29)24(28,33-32-22)21(31)27(22)2/h4-12,18-19,25-26,29H,3H2,1-2H3/t18-,19+,22-,23+,24-/m0/s1. The number of nitrogens with zero attached hydrogens (tertiary/aromatic N) is 2. The van der Waals surface area contributed by atoms with E-state index in [1.54, 1.807) is 16.8 Å². The molecule has 3 N–H and O–H groups in total. The molecule has 4 saturated heterocycles. The van der Waals surface area contributed by atoms with Gasteiger partial charge in [0.1, 0.15) is 12.3 Å². The van der Waals surface area contributed by atoms with E-state index >= 15 is 0 Å². The number of aliphatic hydroxyl groups excluding tert-OH is 1. The summed E-state index contributed by atoms with van der Waals surface area (Å²) in [6.45, 7) is 1.93. The first-order valence-corrected chi connectivity index (χ1v) is 13.2. The van der Waals surface area contributed by atoms with E-state index in [0.29, 0.717) is 6.42 Å². The molecule has 1 spiro atoms. The third kappa shape index (κ3) is 1.88. The van der Waals surface area contributed by atoms with Gasteiger partial charge in [0.25, 0.3) is 11.8 Å². The van der Waals surface area contributed by atoms with Gasteiger partial charge in [0.05, 0.1) is 5.41 Å². The third-order valence-electron chi connectivity index (χ3n) is 8.04. The fourth-order valence-electron chi connectivity index (χ4n) is 6.45. The van der Waals surface area contributed by atoms with Crippen molar-refractivity contribution >= 4 is 50.0 Å². The molecular formula is C24H22N4O3S2. The monoisotopic (exact) mass is 478 g/mol. The molecular weight excluding hydrogens is 456 g/mol. The number of anilines is 1. The zero-order chi connectivity index (χ0) is 22.8. The molecule has 33 heavy (non-hydrogen) atoms. The van der Waals surface area contributed by atoms with Crippen LogP contribution in [-0.2, 0) is 15.0 Å². The number of carbonyl (C=O) groups excluding carboxylic acids is 2. The second kappa shape index (κ2) is 6.08. The summed E-state index contributed by atoms with van der Waals surface area (Å²) >= 11 is 0. The second-order valence-electron chi connectivity index (χ2n) is 9.15. The van der Waals surface area contributed by atoms with Crippen LogP contribution < -0.4 is 5.32 Å². The number of nitrogens with one attached hydrogen (secondary N) is 2. The van der Waals surface area contributed by atoms with Crippen LogP contribution in [0, 0.1) is 0 Å². The lowest BCUT2D eigenvalue weighted by Crippen LogP contribution is -2.77. The van der Waals surface area contributed by atoms with Crippen LogP contribution in [0.1, 0.15) is 24.5 Å². The van der Waals surface area contributed by atoms with Crippen molar-refractivity contribution in [3.63, 3.8) is 0 Å². The van der Waals surface area contributed by atoms with Crippen molar-refractivity contribution < 1.29 is 14.7 Å². The largest absolute Gasteiger partial charge is 0.388 e. The van der Waals surface area contributed by atoms with Crippen molar-refractivity contribution in [3.05, 3.63) is 65.9 Å². The summed E-state index contributed by atoms with van der Waals surface area (Å²) in [6, 6.07) is 15.8. The quantitative estimate of drug-likeness (QED) is 0.491. The summed E-state index contributed by atoms with van der Waals surface area (Å²) in [6.07, 6.45) is 0.678. The topological polar surface area (TPSA) is 88.7 Å². The molecule has 7 nitrogen and oxygen atoms in total. The van der Waals surface area contributed by atoms with Gasteiger partial charge in [-0.15, -0.1) is 0 Å². The summed E-state index contributed by atoms with van der Waals surface area (Å²) < 4.78 is 0. The number of fused-ring (bicyclic) bond motifs is 6. The van der Waals surface area contributed by atoms with Gasteiger partial charge in [0.15, 0.2) is 4.87 Å². The Morgan fingerprint density at radius 3 is 2.61 bits per heavy atom. The zero-order valence-electron chi connectivity index (χ0n) is 18.0. The summed E-state index contributed by atoms with van der Waals surface area (Å²) in [5, 5.41) is 16.8. The molecule has 5 aliphatic heterocycles. The number of hydrogen-bond donors (Lipinski definition) is 3. The Hall–Kier alpha value is -2.62. The zero-order valence-corrected chi connectivity index (χ0v) is 19.7. The second-order valence-corrected chi connectivity index (χ2v) is 11.8. The van der Waals surface area contributed by atoms with Gasteiger partial charge >= 0.3 is 0 Å². The first-order valence-electron chi connectivity index (χ1n) is 11.0. The maximum Gasteiger partial charge on any atom is 0.264 e. The minimum atomic E-state index is -1.41. The number of H-pyrrole nitrogens is 1. The van der Waals surface area contributed by atoms with Crippen LogP contribution >= 0.6 is 21.6 Å². The summed E-state index contributed by atoms with van der Waals surface area (Å²) in [5.74, 6) is -0.338. The van der Waals surface area contributed by atoms with E-state index in [0.717, 1.165) is 27.7 Å². The number of likely N-dealkylation sites (N-methyl/N-ethyl adjacent to an activating group) is 1. The van der Waals surface area contributed by atoms with Crippen molar-refractivity contribution in [2.24, 2.45) is 0 Å². The van der Waals surface area contributed by atoms with Crippen molar-refractivity contribution in [2.45, 2.75) is 40.8 Å². The number of piperazine rings is 1. The summed E-state index contributed by atoms with van der Waals surface area (Å²) in [4.78, 5) is 32.3. The van der Waals surface area contributed by atoms with E-state index in [9.17, 15) is 14.7 Å². The lowest BCUT2D eigenvalue weighted by atomic mass is 9.70. The molecule has 0 radical (unpaired) electrons. The number of aromatic nitrogens is 1. The highest BCUT2D eigenvalue weighted by atomic mass is 33.1. The van der Waals surface area contributed by atoms with E-state index in [1.165, 1.54) is 21.6 Å². The number of para-hydroxylation sites is 2. The molecule has 0 unspecified atom stereocenters. The van der Waals surface area contributed by atoms with Gasteiger partial charge in [-0.25, -0.2) is 0 Å². The molecule has 0 aliphatic carbocycles. The molecule has 6 heterocycles. The Kier molecular flexibility index (Phi) is 3.65. The molecule has 1 aromatic heterocycles. The van der Waals surface area contributed by atoms with E-state index < -0.39 is 27.4 Å². The maximum absolute atomic E-state index is 14.1. The average Bonchev–Trinajstić information content (AvgIpc) is 3.47. The Morgan fingerprint density at radius 1 is 1.03 bits per heavy atom. The van der Waals surface area contributed by atoms with Crippen LogP contribution in [-0.4, -0.2) is 60.8 Å². The predicted octanol–water partition coefficient (Wildman–Crippen LogP) is 3.08. The first-order chi connectivity index (χ1) is 15.9. The van der Waals surface area contributed by atoms with Crippen LogP contribution in [0.15, 0.2) is 54.7 Å². The van der Waals surface area contributed by atoms with Crippen LogP contribution in [0.25, 0.3) is 10.9 Å². The lowest BCUT2D eigenvalue weighted by molar-refractivity contribution is -0.167. The van der Waals surface area contributed by atoms with Crippen LogP contribution in [0.4, 0.5) is 5.69 Å². The van der Waals surface area contributed by atoms with Gasteiger partial charge in [-0.05, 0) is 40.5 Å². The third-order valence-corrected chi connectivity index (χ3v) is 11.8. The van der Waals surface area contributed by atoms with E-state index in [-0.39, 0.29) is 11.8 Å². The molecule has 3 aromatic rings. The van der Waals surface area contributed by atoms with Gasteiger partial charge in [-0.2, -0.15) is 0 Å². The molecule has 5 atom stereocenters. The molecule has 8 rings (SSSR count). The van der Waals surface area contributed by atoms with Gasteiger partial charge in [0, 0.05) is 29.8 Å². The normalized spacial score (nSPS) is 36.2. The summed E-state index contributed by atoms with van der Waals surface area (Å²) in [7, 11) is 4.44. The van der Waals surface area contributed by atoms with Crippen LogP contribution in [0.2, 0.25) is 0 Å². The highest BCUT2D eigenvalue weighted by Gasteiger charge is 2.82. The Morgan fingerprint density at radius 2 is 1.79 bits per heavy atom. The minimum absolute atomic E-state index is 0.123. The lowest BCUT2D eigenvalue weighted by Gasteiger charge is -2.58. The Labute approximate surface area is 198 Å². The fourth-order valence-corrected chi connectivity index (χ4v) is 10.4. The SMILES string of the molecule is CC[C@@]12SS[C@]3(C(=O)N1C)[C@@H](O)[C@]1(c4c[nH]c5ccccc45)c4ccccc4N[C@@H]1N3C2=O. The molecule has 5 aliphatic rings. The number of aliphatic hydroxyl groups is 1. The van der Waals surface area contributed by atoms with Crippen molar-refractivity contribution in [3.8, 4) is 0 Å². The van der Waals surface area contributed by atoms with Crippen LogP contribution in [0.5, 0.6) is 0 Å².